The lowest BCUT2D eigenvalue weighted by molar-refractivity contribution is 0.591. The number of aromatic nitrogens is 1. The van der Waals surface area contributed by atoms with E-state index in [0.717, 1.165) is 0 Å². The third kappa shape index (κ3) is 3.39. The average Bonchev–Trinajstić information content (AvgIpc) is 2.99. The highest BCUT2D eigenvalue weighted by molar-refractivity contribution is 6.10. The molecule has 0 aliphatic carbocycles. The van der Waals surface area contributed by atoms with E-state index in [4.69, 9.17) is 0 Å². The summed E-state index contributed by atoms with van der Waals surface area (Å²) in [4.78, 5) is 2.20. The third-order valence-electron chi connectivity index (χ3n) is 6.10. The molecule has 2 heteroatoms. The van der Waals surface area contributed by atoms with Gasteiger partial charge in [0.05, 0.1) is 22.4 Å². The summed E-state index contributed by atoms with van der Waals surface area (Å²) >= 11 is 0. The monoisotopic (exact) mass is 398 g/mol. The molecule has 2 nitrogen and oxygen atoms in total. The average molecular weight is 399 g/mol. The second-order valence-corrected chi connectivity index (χ2v) is 10.7. The normalized spacial score (nSPS) is 12.7. The van der Waals surface area contributed by atoms with Crippen LogP contribution >= 0.6 is 0 Å². The highest BCUT2D eigenvalue weighted by Gasteiger charge is 2.21. The summed E-state index contributed by atoms with van der Waals surface area (Å²) in [6, 6.07) is 22.7. The van der Waals surface area contributed by atoms with Gasteiger partial charge in [0.15, 0.2) is 0 Å². The van der Waals surface area contributed by atoms with Gasteiger partial charge in [0.25, 0.3) is 0 Å². The lowest BCUT2D eigenvalue weighted by Crippen LogP contribution is -2.13. The minimum Gasteiger partial charge on any atom is -0.376 e. The van der Waals surface area contributed by atoms with E-state index < -0.39 is 0 Å². The van der Waals surface area contributed by atoms with Crippen molar-refractivity contribution in [1.82, 2.24) is 4.57 Å². The van der Waals surface area contributed by atoms with E-state index in [0.29, 0.717) is 0 Å². The molecular formula is C28H34N2. The first kappa shape index (κ1) is 20.5. The minimum atomic E-state index is 0.104. The molecule has 0 saturated carbocycles. The van der Waals surface area contributed by atoms with Crippen molar-refractivity contribution in [1.29, 1.82) is 0 Å². The molecule has 4 aromatic rings. The van der Waals surface area contributed by atoms with Crippen molar-refractivity contribution in [3.63, 3.8) is 0 Å². The van der Waals surface area contributed by atoms with Gasteiger partial charge in [-0.15, -0.1) is 0 Å². The Hall–Kier alpha value is -2.74. The lowest BCUT2D eigenvalue weighted by Gasteiger charge is -2.22. The van der Waals surface area contributed by atoms with E-state index in [1.165, 1.54) is 44.3 Å². The van der Waals surface area contributed by atoms with Gasteiger partial charge in [0.1, 0.15) is 0 Å². The van der Waals surface area contributed by atoms with Crippen LogP contribution in [0.5, 0.6) is 0 Å². The molecule has 0 spiro atoms. The molecule has 0 radical (unpaired) electrons. The van der Waals surface area contributed by atoms with E-state index in [1.807, 2.05) is 0 Å². The molecule has 1 heterocycles. The zero-order valence-corrected chi connectivity index (χ0v) is 19.7. The molecule has 0 aliphatic rings. The van der Waals surface area contributed by atoms with Crippen LogP contribution in [0.4, 0.5) is 5.69 Å². The second-order valence-electron chi connectivity index (χ2n) is 10.7. The largest absolute Gasteiger partial charge is 0.376 e. The fourth-order valence-corrected chi connectivity index (χ4v) is 4.24. The Morgan fingerprint density at radius 3 is 1.53 bits per heavy atom. The molecule has 0 saturated heterocycles. The summed E-state index contributed by atoms with van der Waals surface area (Å²) in [6.07, 6.45) is 0. The van der Waals surface area contributed by atoms with Crippen molar-refractivity contribution in [3.05, 3.63) is 71.8 Å². The predicted octanol–water partition coefficient (Wildman–Crippen LogP) is 7.44. The summed E-state index contributed by atoms with van der Waals surface area (Å²) in [6.45, 7) is 13.7. The van der Waals surface area contributed by atoms with Gasteiger partial charge in [-0.3, -0.25) is 0 Å². The Morgan fingerprint density at radius 1 is 0.633 bits per heavy atom. The third-order valence-corrected chi connectivity index (χ3v) is 6.10. The number of nitrogens with zero attached hydrogens (tertiary/aromatic N) is 2. The first-order chi connectivity index (χ1) is 14.0. The van der Waals surface area contributed by atoms with Gasteiger partial charge in [-0.25, -0.2) is 0 Å². The quantitative estimate of drug-likeness (QED) is 0.340. The van der Waals surface area contributed by atoms with Crippen molar-refractivity contribution < 1.29 is 0 Å². The van der Waals surface area contributed by atoms with Crippen LogP contribution in [0.25, 0.3) is 27.5 Å². The molecular weight excluding hydrogens is 364 g/mol. The second kappa shape index (κ2) is 6.91. The Bertz CT molecular complexity index is 1160. The van der Waals surface area contributed by atoms with E-state index in [9.17, 15) is 0 Å². The van der Waals surface area contributed by atoms with E-state index in [1.54, 1.807) is 0 Å². The number of hydrogen-bond acceptors (Lipinski definition) is 1. The van der Waals surface area contributed by atoms with Gasteiger partial charge in [0.2, 0.25) is 0 Å². The maximum Gasteiger partial charge on any atom is 0.0695 e. The van der Waals surface area contributed by atoms with Gasteiger partial charge in [-0.05, 0) is 46.2 Å². The Morgan fingerprint density at radius 2 is 1.10 bits per heavy atom. The molecule has 30 heavy (non-hydrogen) atoms. The van der Waals surface area contributed by atoms with Crippen LogP contribution in [-0.4, -0.2) is 18.7 Å². The zero-order valence-electron chi connectivity index (χ0n) is 19.7. The van der Waals surface area contributed by atoms with Gasteiger partial charge in [-0.1, -0.05) is 77.9 Å². The summed E-state index contributed by atoms with van der Waals surface area (Å²) < 4.78 is 2.46. The SMILES string of the molecule is CN(C)c1ccccc1-n1c2cc(C(C)(C)C)ccc2c2ccc(C(C)(C)C)cc21. The maximum absolute atomic E-state index is 2.46. The number of hydrogen-bond donors (Lipinski definition) is 0. The van der Waals surface area contributed by atoms with Crippen molar-refractivity contribution in [2.45, 2.75) is 52.4 Å². The first-order valence-electron chi connectivity index (χ1n) is 10.8. The molecule has 1 aromatic heterocycles. The molecule has 0 N–H and O–H groups in total. The van der Waals surface area contributed by atoms with Crippen LogP contribution in [-0.2, 0) is 10.8 Å². The number of fused-ring (bicyclic) bond motifs is 3. The Labute approximate surface area is 181 Å². The summed E-state index contributed by atoms with van der Waals surface area (Å²) in [5.41, 5.74) is 7.92. The van der Waals surface area contributed by atoms with E-state index in [-0.39, 0.29) is 10.8 Å². The maximum atomic E-state index is 2.46. The van der Waals surface area contributed by atoms with Crippen LogP contribution in [0.15, 0.2) is 60.7 Å². The smallest absolute Gasteiger partial charge is 0.0695 e. The van der Waals surface area contributed by atoms with Crippen molar-refractivity contribution in [2.75, 3.05) is 19.0 Å². The zero-order chi connectivity index (χ0) is 21.8. The van der Waals surface area contributed by atoms with Gasteiger partial charge in [0, 0.05) is 24.9 Å². The molecule has 156 valence electrons. The number of anilines is 1. The van der Waals surface area contributed by atoms with Gasteiger partial charge >= 0.3 is 0 Å². The van der Waals surface area contributed by atoms with E-state index >= 15 is 0 Å². The van der Waals surface area contributed by atoms with Crippen LogP contribution in [0.3, 0.4) is 0 Å². The fourth-order valence-electron chi connectivity index (χ4n) is 4.24. The Kier molecular flexibility index (Phi) is 4.73. The molecule has 0 fully saturated rings. The van der Waals surface area contributed by atoms with Crippen molar-refractivity contribution >= 4 is 27.5 Å². The van der Waals surface area contributed by atoms with Crippen LogP contribution < -0.4 is 4.90 Å². The number of benzene rings is 3. The van der Waals surface area contributed by atoms with Gasteiger partial charge < -0.3 is 9.47 Å². The minimum absolute atomic E-state index is 0.104. The molecule has 0 unspecified atom stereocenters. The van der Waals surface area contributed by atoms with Crippen LogP contribution in [0, 0.1) is 0 Å². The summed E-state index contributed by atoms with van der Waals surface area (Å²) in [5, 5.41) is 2.62. The fraction of sp³-hybridized carbons (Fsp3) is 0.357. The van der Waals surface area contributed by atoms with E-state index in [2.05, 4.69) is 126 Å². The highest BCUT2D eigenvalue weighted by atomic mass is 15.1. The molecule has 3 aromatic carbocycles. The molecule has 0 amide bonds. The topological polar surface area (TPSA) is 8.17 Å². The molecule has 0 bridgehead atoms. The van der Waals surface area contributed by atoms with Crippen molar-refractivity contribution in [3.8, 4) is 5.69 Å². The predicted molar refractivity (Wildman–Crippen MR) is 133 cm³/mol. The molecule has 4 rings (SSSR count). The molecule has 0 atom stereocenters. The van der Waals surface area contributed by atoms with Crippen LogP contribution in [0.1, 0.15) is 52.7 Å². The number of para-hydroxylation sites is 2. The highest BCUT2D eigenvalue weighted by Crippen LogP contribution is 2.39. The standard InChI is InChI=1S/C28H34N2/c1-27(2,3)19-13-15-21-22-16-14-20(28(4,5)6)18-26(22)30(25(21)17-19)24-12-10-9-11-23(24)29(7)8/h9-18H,1-8H3. The number of rotatable bonds is 2. The summed E-state index contributed by atoms with van der Waals surface area (Å²) in [5.74, 6) is 0. The first-order valence-corrected chi connectivity index (χ1v) is 10.8. The molecule has 0 aliphatic heterocycles. The van der Waals surface area contributed by atoms with Crippen LogP contribution in [0.2, 0.25) is 0 Å². The van der Waals surface area contributed by atoms with Gasteiger partial charge in [-0.2, -0.15) is 0 Å². The Balaban J connectivity index is 2.18. The van der Waals surface area contributed by atoms with Crippen molar-refractivity contribution in [2.24, 2.45) is 0 Å². The lowest BCUT2D eigenvalue weighted by atomic mass is 9.86. The summed E-state index contributed by atoms with van der Waals surface area (Å²) in [7, 11) is 4.24.